The smallest absolute Gasteiger partial charge is 0.225 e. The average molecular weight is 261 g/mol. The molecule has 1 N–H and O–H groups in total. The Morgan fingerprint density at radius 3 is 2.24 bits per heavy atom. The van der Waals surface area contributed by atoms with Gasteiger partial charge >= 0.3 is 0 Å². The summed E-state index contributed by atoms with van der Waals surface area (Å²) in [6, 6.07) is 0.482. The topological polar surface area (TPSA) is 32.3 Å². The minimum absolute atomic E-state index is 0. The predicted octanol–water partition coefficient (Wildman–Crippen LogP) is 2.20. The maximum atomic E-state index is 12.3. The van der Waals surface area contributed by atoms with E-state index in [1.54, 1.807) is 0 Å². The van der Waals surface area contributed by atoms with Crippen LogP contribution in [0.4, 0.5) is 0 Å². The average Bonchev–Trinajstić information content (AvgIpc) is 2.39. The van der Waals surface area contributed by atoms with E-state index in [-0.39, 0.29) is 12.4 Å². The van der Waals surface area contributed by atoms with E-state index in [1.165, 1.54) is 19.3 Å². The number of hydrogen-bond acceptors (Lipinski definition) is 2. The highest BCUT2D eigenvalue weighted by molar-refractivity contribution is 5.85. The van der Waals surface area contributed by atoms with Crippen molar-refractivity contribution in [3.05, 3.63) is 0 Å². The van der Waals surface area contributed by atoms with E-state index in [2.05, 4.69) is 5.32 Å². The van der Waals surface area contributed by atoms with Crippen molar-refractivity contribution in [1.82, 2.24) is 10.2 Å². The Labute approximate surface area is 111 Å². The van der Waals surface area contributed by atoms with Gasteiger partial charge in [0, 0.05) is 19.0 Å². The van der Waals surface area contributed by atoms with Crippen LogP contribution < -0.4 is 5.32 Å². The zero-order valence-electron chi connectivity index (χ0n) is 10.8. The van der Waals surface area contributed by atoms with Gasteiger partial charge < -0.3 is 10.2 Å². The first-order valence-electron chi connectivity index (χ1n) is 6.76. The Bertz CT molecular complexity index is 236. The van der Waals surface area contributed by atoms with Crippen molar-refractivity contribution in [1.29, 1.82) is 0 Å². The lowest BCUT2D eigenvalue weighted by Gasteiger charge is -2.35. The molecular weight excluding hydrogens is 236 g/mol. The Morgan fingerprint density at radius 2 is 1.65 bits per heavy atom. The van der Waals surface area contributed by atoms with E-state index in [4.69, 9.17) is 0 Å². The van der Waals surface area contributed by atoms with Gasteiger partial charge in [-0.25, -0.2) is 0 Å². The summed E-state index contributed by atoms with van der Waals surface area (Å²) in [7, 11) is 2.01. The number of carbonyl (C=O) groups excluding carboxylic acids is 1. The third-order valence-corrected chi connectivity index (χ3v) is 4.16. The Kier molecular flexibility index (Phi) is 6.28. The first-order valence-corrected chi connectivity index (χ1v) is 6.76. The standard InChI is InChI=1S/C13H24N2O.ClH/c1-15(12-7-9-14-10-8-12)13(16)11-5-3-2-4-6-11;/h11-12,14H,2-10H2,1H3;1H. The number of nitrogens with zero attached hydrogens (tertiary/aromatic N) is 1. The van der Waals surface area contributed by atoms with Crippen LogP contribution in [0.15, 0.2) is 0 Å². The number of carbonyl (C=O) groups is 1. The summed E-state index contributed by atoms with van der Waals surface area (Å²) < 4.78 is 0. The molecule has 2 aliphatic rings. The van der Waals surface area contributed by atoms with Crippen molar-refractivity contribution >= 4 is 18.3 Å². The maximum Gasteiger partial charge on any atom is 0.225 e. The van der Waals surface area contributed by atoms with Gasteiger partial charge in [0.2, 0.25) is 5.91 Å². The maximum absolute atomic E-state index is 12.3. The fraction of sp³-hybridized carbons (Fsp3) is 0.923. The SMILES string of the molecule is CN(C(=O)C1CCCCC1)C1CCNCC1.Cl. The third-order valence-electron chi connectivity index (χ3n) is 4.16. The zero-order valence-corrected chi connectivity index (χ0v) is 11.6. The summed E-state index contributed by atoms with van der Waals surface area (Å²) in [5.74, 6) is 0.736. The Morgan fingerprint density at radius 1 is 1.06 bits per heavy atom. The van der Waals surface area contributed by atoms with Gasteiger partial charge in [-0.2, -0.15) is 0 Å². The fourth-order valence-electron chi connectivity index (χ4n) is 3.01. The Hall–Kier alpha value is -0.280. The van der Waals surface area contributed by atoms with Crippen molar-refractivity contribution in [3.63, 3.8) is 0 Å². The van der Waals surface area contributed by atoms with Crippen molar-refractivity contribution in [2.24, 2.45) is 5.92 Å². The summed E-state index contributed by atoms with van der Waals surface area (Å²) in [6.45, 7) is 2.12. The second-order valence-electron chi connectivity index (χ2n) is 5.27. The molecule has 1 heterocycles. The highest BCUT2D eigenvalue weighted by atomic mass is 35.5. The summed E-state index contributed by atoms with van der Waals surface area (Å²) in [5, 5.41) is 3.35. The van der Waals surface area contributed by atoms with E-state index in [1.807, 2.05) is 11.9 Å². The quantitative estimate of drug-likeness (QED) is 0.826. The summed E-state index contributed by atoms with van der Waals surface area (Å²) >= 11 is 0. The largest absolute Gasteiger partial charge is 0.342 e. The van der Waals surface area contributed by atoms with E-state index in [0.717, 1.165) is 38.8 Å². The van der Waals surface area contributed by atoms with Crippen molar-refractivity contribution in [2.45, 2.75) is 51.0 Å². The first-order chi connectivity index (χ1) is 7.79. The zero-order chi connectivity index (χ0) is 11.4. The summed E-state index contributed by atoms with van der Waals surface area (Å²) in [6.07, 6.45) is 8.29. The van der Waals surface area contributed by atoms with Crippen LogP contribution in [0.5, 0.6) is 0 Å². The van der Waals surface area contributed by atoms with Gasteiger partial charge in [-0.3, -0.25) is 4.79 Å². The van der Waals surface area contributed by atoms with Crippen molar-refractivity contribution < 1.29 is 4.79 Å². The molecule has 17 heavy (non-hydrogen) atoms. The van der Waals surface area contributed by atoms with Crippen LogP contribution in [-0.4, -0.2) is 37.0 Å². The fourth-order valence-corrected chi connectivity index (χ4v) is 3.01. The number of amides is 1. The van der Waals surface area contributed by atoms with Crippen LogP contribution in [0.2, 0.25) is 0 Å². The van der Waals surface area contributed by atoms with Crippen LogP contribution in [0.3, 0.4) is 0 Å². The normalized spacial score (nSPS) is 22.9. The molecule has 1 amide bonds. The van der Waals surface area contributed by atoms with E-state index in [9.17, 15) is 4.79 Å². The molecule has 3 nitrogen and oxygen atoms in total. The summed E-state index contributed by atoms with van der Waals surface area (Å²) in [5.41, 5.74) is 0. The van der Waals surface area contributed by atoms with E-state index in [0.29, 0.717) is 17.9 Å². The lowest BCUT2D eigenvalue weighted by Crippen LogP contribution is -2.46. The van der Waals surface area contributed by atoms with Gasteiger partial charge in [0.15, 0.2) is 0 Å². The highest BCUT2D eigenvalue weighted by Crippen LogP contribution is 2.26. The minimum Gasteiger partial charge on any atom is -0.342 e. The minimum atomic E-state index is 0. The molecule has 0 aromatic rings. The molecule has 1 saturated carbocycles. The van der Waals surface area contributed by atoms with Crippen LogP contribution in [-0.2, 0) is 4.79 Å². The lowest BCUT2D eigenvalue weighted by atomic mass is 9.87. The first kappa shape index (κ1) is 14.8. The van der Waals surface area contributed by atoms with Gasteiger partial charge in [0.1, 0.15) is 0 Å². The number of halogens is 1. The number of rotatable bonds is 2. The van der Waals surface area contributed by atoms with Crippen LogP contribution in [0, 0.1) is 5.92 Å². The lowest BCUT2D eigenvalue weighted by molar-refractivity contribution is -0.137. The molecule has 0 atom stereocenters. The number of piperidine rings is 1. The molecule has 4 heteroatoms. The van der Waals surface area contributed by atoms with Gasteiger partial charge in [0.25, 0.3) is 0 Å². The molecule has 1 aliphatic carbocycles. The molecule has 0 radical (unpaired) electrons. The molecule has 0 spiro atoms. The van der Waals surface area contributed by atoms with E-state index < -0.39 is 0 Å². The van der Waals surface area contributed by atoms with Crippen LogP contribution >= 0.6 is 12.4 Å². The molecule has 2 fully saturated rings. The van der Waals surface area contributed by atoms with Gasteiger partial charge in [-0.05, 0) is 38.8 Å². The molecule has 0 aromatic heterocycles. The molecular formula is C13H25ClN2O. The Balaban J connectivity index is 0.00000144. The van der Waals surface area contributed by atoms with Crippen molar-refractivity contribution in [3.8, 4) is 0 Å². The molecule has 0 aromatic carbocycles. The van der Waals surface area contributed by atoms with Crippen molar-refractivity contribution in [2.75, 3.05) is 20.1 Å². The van der Waals surface area contributed by atoms with Crippen LogP contribution in [0.25, 0.3) is 0 Å². The molecule has 1 aliphatic heterocycles. The molecule has 1 saturated heterocycles. The third kappa shape index (κ3) is 3.85. The predicted molar refractivity (Wildman–Crippen MR) is 72.5 cm³/mol. The molecule has 2 rings (SSSR count). The van der Waals surface area contributed by atoms with Gasteiger partial charge in [-0.1, -0.05) is 19.3 Å². The monoisotopic (exact) mass is 260 g/mol. The molecule has 100 valence electrons. The summed E-state index contributed by atoms with van der Waals surface area (Å²) in [4.78, 5) is 14.3. The van der Waals surface area contributed by atoms with Crippen LogP contribution in [0.1, 0.15) is 44.9 Å². The number of hydrogen-bond donors (Lipinski definition) is 1. The number of nitrogens with one attached hydrogen (secondary N) is 1. The van der Waals surface area contributed by atoms with Gasteiger partial charge in [0.05, 0.1) is 0 Å². The second kappa shape index (κ2) is 7.22. The molecule has 0 bridgehead atoms. The van der Waals surface area contributed by atoms with Gasteiger partial charge in [-0.15, -0.1) is 12.4 Å². The molecule has 0 unspecified atom stereocenters. The second-order valence-corrected chi connectivity index (χ2v) is 5.27. The highest BCUT2D eigenvalue weighted by Gasteiger charge is 2.28. The van der Waals surface area contributed by atoms with E-state index >= 15 is 0 Å².